The fourth-order valence-corrected chi connectivity index (χ4v) is 3.09. The van der Waals surface area contributed by atoms with Crippen LogP contribution in [0.4, 0.5) is 0 Å². The van der Waals surface area contributed by atoms with E-state index in [-0.39, 0.29) is 0 Å². The third kappa shape index (κ3) is 3.93. The van der Waals surface area contributed by atoms with Crippen molar-refractivity contribution in [3.05, 3.63) is 42.1 Å². The van der Waals surface area contributed by atoms with E-state index in [2.05, 4.69) is 41.6 Å². The lowest BCUT2D eigenvalue weighted by Gasteiger charge is -2.16. The normalized spacial score (nSPS) is 12.7. The SMILES string of the molecule is CCCSCC(Cc1ccnc2ccccc12)NN. The Morgan fingerprint density at radius 3 is 2.95 bits per heavy atom. The van der Waals surface area contributed by atoms with Gasteiger partial charge in [-0.2, -0.15) is 11.8 Å². The fourth-order valence-electron chi connectivity index (χ4n) is 2.13. The van der Waals surface area contributed by atoms with Gasteiger partial charge in [0.2, 0.25) is 0 Å². The Labute approximate surface area is 119 Å². The second-order valence-corrected chi connectivity index (χ2v) is 5.78. The molecule has 0 spiro atoms. The standard InChI is InChI=1S/C15H21N3S/c1-2-9-19-11-13(18-16)10-12-7-8-17-15-6-4-3-5-14(12)15/h3-8,13,18H,2,9-11,16H2,1H3. The lowest BCUT2D eigenvalue weighted by atomic mass is 10.0. The van der Waals surface area contributed by atoms with Crippen LogP contribution in [0, 0.1) is 0 Å². The Balaban J connectivity index is 2.10. The molecule has 0 saturated heterocycles. The smallest absolute Gasteiger partial charge is 0.0704 e. The highest BCUT2D eigenvalue weighted by Crippen LogP contribution is 2.18. The van der Waals surface area contributed by atoms with Gasteiger partial charge in [0, 0.05) is 23.4 Å². The zero-order chi connectivity index (χ0) is 13.5. The number of hydrazine groups is 1. The molecule has 4 heteroatoms. The van der Waals surface area contributed by atoms with E-state index >= 15 is 0 Å². The number of para-hydroxylation sites is 1. The summed E-state index contributed by atoms with van der Waals surface area (Å²) in [6.07, 6.45) is 4.03. The van der Waals surface area contributed by atoms with Crippen LogP contribution in [0.3, 0.4) is 0 Å². The average molecular weight is 275 g/mol. The molecule has 3 N–H and O–H groups in total. The highest BCUT2D eigenvalue weighted by Gasteiger charge is 2.10. The van der Waals surface area contributed by atoms with Crippen LogP contribution in [0.1, 0.15) is 18.9 Å². The first-order valence-electron chi connectivity index (χ1n) is 6.71. The van der Waals surface area contributed by atoms with Crippen LogP contribution in [-0.2, 0) is 6.42 Å². The third-order valence-electron chi connectivity index (χ3n) is 3.11. The maximum absolute atomic E-state index is 5.67. The van der Waals surface area contributed by atoms with Gasteiger partial charge in [0.1, 0.15) is 0 Å². The van der Waals surface area contributed by atoms with E-state index in [0.717, 1.165) is 17.7 Å². The van der Waals surface area contributed by atoms with Crippen molar-refractivity contribution in [2.24, 2.45) is 5.84 Å². The van der Waals surface area contributed by atoms with Gasteiger partial charge in [0.05, 0.1) is 5.52 Å². The van der Waals surface area contributed by atoms with Gasteiger partial charge in [-0.1, -0.05) is 25.1 Å². The molecule has 3 nitrogen and oxygen atoms in total. The van der Waals surface area contributed by atoms with Crippen molar-refractivity contribution in [1.82, 2.24) is 10.4 Å². The molecule has 0 aliphatic rings. The molecule has 0 aliphatic heterocycles. The first kappa shape index (κ1) is 14.3. The summed E-state index contributed by atoms with van der Waals surface area (Å²) in [4.78, 5) is 4.39. The van der Waals surface area contributed by atoms with Crippen LogP contribution in [0.15, 0.2) is 36.5 Å². The van der Waals surface area contributed by atoms with Gasteiger partial charge in [-0.05, 0) is 36.3 Å². The van der Waals surface area contributed by atoms with E-state index in [4.69, 9.17) is 5.84 Å². The van der Waals surface area contributed by atoms with Crippen molar-refractivity contribution in [3.8, 4) is 0 Å². The van der Waals surface area contributed by atoms with Crippen molar-refractivity contribution >= 4 is 22.7 Å². The fraction of sp³-hybridized carbons (Fsp3) is 0.400. The predicted octanol–water partition coefficient (Wildman–Crippen LogP) is 2.75. The molecule has 1 aromatic carbocycles. The van der Waals surface area contributed by atoms with E-state index in [1.54, 1.807) is 0 Å². The molecule has 1 atom stereocenters. The van der Waals surface area contributed by atoms with E-state index < -0.39 is 0 Å². The molecule has 0 bridgehead atoms. The van der Waals surface area contributed by atoms with Crippen molar-refractivity contribution < 1.29 is 0 Å². The number of pyridine rings is 1. The van der Waals surface area contributed by atoms with Crippen LogP contribution in [-0.4, -0.2) is 22.5 Å². The van der Waals surface area contributed by atoms with E-state index in [1.807, 2.05) is 24.0 Å². The summed E-state index contributed by atoms with van der Waals surface area (Å²) in [5.74, 6) is 7.90. The average Bonchev–Trinajstić information content (AvgIpc) is 2.46. The van der Waals surface area contributed by atoms with Gasteiger partial charge in [0.25, 0.3) is 0 Å². The molecule has 0 radical (unpaired) electrons. The Morgan fingerprint density at radius 1 is 1.32 bits per heavy atom. The number of nitrogens with one attached hydrogen (secondary N) is 1. The number of rotatable bonds is 7. The number of nitrogens with zero attached hydrogens (tertiary/aromatic N) is 1. The van der Waals surface area contributed by atoms with Crippen molar-refractivity contribution in [2.45, 2.75) is 25.8 Å². The largest absolute Gasteiger partial charge is 0.271 e. The van der Waals surface area contributed by atoms with E-state index in [9.17, 15) is 0 Å². The zero-order valence-electron chi connectivity index (χ0n) is 11.3. The van der Waals surface area contributed by atoms with Gasteiger partial charge in [-0.3, -0.25) is 16.3 Å². The number of hydrogen-bond acceptors (Lipinski definition) is 4. The van der Waals surface area contributed by atoms with Gasteiger partial charge in [0.15, 0.2) is 0 Å². The number of thioether (sulfide) groups is 1. The zero-order valence-corrected chi connectivity index (χ0v) is 12.1. The molecular weight excluding hydrogens is 254 g/mol. The lowest BCUT2D eigenvalue weighted by Crippen LogP contribution is -2.38. The van der Waals surface area contributed by atoms with Crippen LogP contribution in [0.5, 0.6) is 0 Å². The lowest BCUT2D eigenvalue weighted by molar-refractivity contribution is 0.577. The number of benzene rings is 1. The molecule has 1 aromatic heterocycles. The van der Waals surface area contributed by atoms with Gasteiger partial charge in [-0.15, -0.1) is 0 Å². The van der Waals surface area contributed by atoms with Crippen molar-refractivity contribution in [1.29, 1.82) is 0 Å². The molecule has 19 heavy (non-hydrogen) atoms. The molecule has 2 rings (SSSR count). The van der Waals surface area contributed by atoms with Crippen LogP contribution in [0.2, 0.25) is 0 Å². The summed E-state index contributed by atoms with van der Waals surface area (Å²) in [5, 5.41) is 1.23. The first-order chi connectivity index (χ1) is 9.35. The Kier molecular flexibility index (Phi) is 5.63. The quantitative estimate of drug-likeness (QED) is 0.463. The second kappa shape index (κ2) is 7.48. The third-order valence-corrected chi connectivity index (χ3v) is 4.44. The Hall–Kier alpha value is -1.10. The molecule has 0 aliphatic carbocycles. The first-order valence-corrected chi connectivity index (χ1v) is 7.87. The number of nitrogens with two attached hydrogens (primary N) is 1. The number of fused-ring (bicyclic) bond motifs is 1. The molecule has 2 aromatic rings. The van der Waals surface area contributed by atoms with Crippen molar-refractivity contribution in [2.75, 3.05) is 11.5 Å². The minimum absolute atomic E-state index is 0.308. The number of hydrogen-bond donors (Lipinski definition) is 2. The highest BCUT2D eigenvalue weighted by molar-refractivity contribution is 7.99. The molecular formula is C15H21N3S. The highest BCUT2D eigenvalue weighted by atomic mass is 32.2. The molecule has 0 saturated carbocycles. The monoisotopic (exact) mass is 275 g/mol. The maximum Gasteiger partial charge on any atom is 0.0704 e. The predicted molar refractivity (Wildman–Crippen MR) is 84.2 cm³/mol. The van der Waals surface area contributed by atoms with Gasteiger partial charge < -0.3 is 0 Å². The maximum atomic E-state index is 5.67. The van der Waals surface area contributed by atoms with Crippen LogP contribution < -0.4 is 11.3 Å². The molecule has 0 amide bonds. The summed E-state index contributed by atoms with van der Waals surface area (Å²) in [6, 6.07) is 10.7. The van der Waals surface area contributed by atoms with E-state index in [0.29, 0.717) is 6.04 Å². The summed E-state index contributed by atoms with van der Waals surface area (Å²) < 4.78 is 0. The Morgan fingerprint density at radius 2 is 2.16 bits per heavy atom. The molecule has 0 fully saturated rings. The molecule has 1 unspecified atom stereocenters. The minimum Gasteiger partial charge on any atom is -0.271 e. The van der Waals surface area contributed by atoms with Gasteiger partial charge in [-0.25, -0.2) is 0 Å². The topological polar surface area (TPSA) is 50.9 Å². The summed E-state index contributed by atoms with van der Waals surface area (Å²) in [5.41, 5.74) is 5.30. The van der Waals surface area contributed by atoms with Crippen molar-refractivity contribution in [3.63, 3.8) is 0 Å². The summed E-state index contributed by atoms with van der Waals surface area (Å²) in [6.45, 7) is 2.20. The van der Waals surface area contributed by atoms with E-state index in [1.165, 1.54) is 23.1 Å². The summed E-state index contributed by atoms with van der Waals surface area (Å²) >= 11 is 1.95. The van der Waals surface area contributed by atoms with Gasteiger partial charge >= 0.3 is 0 Å². The Bertz CT molecular complexity index is 510. The van der Waals surface area contributed by atoms with Crippen LogP contribution in [0.25, 0.3) is 10.9 Å². The minimum atomic E-state index is 0.308. The molecule has 102 valence electrons. The second-order valence-electron chi connectivity index (χ2n) is 4.63. The summed E-state index contributed by atoms with van der Waals surface area (Å²) in [7, 11) is 0. The molecule has 1 heterocycles. The van der Waals surface area contributed by atoms with Crippen LogP contribution >= 0.6 is 11.8 Å². The number of aromatic nitrogens is 1.